The molecular weight excluding hydrogens is 399 g/mol. The third-order valence-corrected chi connectivity index (χ3v) is 4.26. The van der Waals surface area contributed by atoms with E-state index in [2.05, 4.69) is 9.97 Å². The molecule has 3 heterocycles. The van der Waals surface area contributed by atoms with E-state index in [9.17, 15) is 14.4 Å². The van der Waals surface area contributed by atoms with Crippen LogP contribution in [0.5, 0.6) is 17.5 Å². The largest absolute Gasteiger partial charge is 0.619 e. The van der Waals surface area contributed by atoms with Crippen molar-refractivity contribution in [2.24, 2.45) is 0 Å². The molecule has 0 saturated carbocycles. The summed E-state index contributed by atoms with van der Waals surface area (Å²) in [5.41, 5.74) is 0.495. The van der Waals surface area contributed by atoms with Crippen LogP contribution >= 0.6 is 0 Å². The average Bonchev–Trinajstić information content (AvgIpc) is 2.68. The predicted molar refractivity (Wildman–Crippen MR) is 100 cm³/mol. The first-order valence-electron chi connectivity index (χ1n) is 9.49. The molecule has 0 amide bonds. The van der Waals surface area contributed by atoms with Crippen LogP contribution in [0.2, 0.25) is 0 Å². The summed E-state index contributed by atoms with van der Waals surface area (Å²) in [7, 11) is 0. The molecule has 0 radical (unpaired) electrons. The summed E-state index contributed by atoms with van der Waals surface area (Å²) in [4.78, 5) is 24.9. The third-order valence-electron chi connectivity index (χ3n) is 4.26. The van der Waals surface area contributed by atoms with Gasteiger partial charge in [0.05, 0.1) is 11.7 Å². The summed E-state index contributed by atoms with van der Waals surface area (Å²) >= 11 is 0. The molecule has 11 heteroatoms. The molecule has 0 bridgehead atoms. The van der Waals surface area contributed by atoms with Gasteiger partial charge in [0.2, 0.25) is 23.8 Å². The van der Waals surface area contributed by atoms with E-state index in [1.54, 1.807) is 20.8 Å². The van der Waals surface area contributed by atoms with Gasteiger partial charge in [0.1, 0.15) is 12.4 Å². The van der Waals surface area contributed by atoms with E-state index in [4.69, 9.17) is 19.0 Å². The standard InChI is InChI=1S/C19H23FN4O6/c1-12(2)27-19(25)30-24-8-4-14(5-9-24)28-17-13(3)18(22-11-21-17)29-16-6-7-23(26)10-15(16)20/h6-7,10-12,14H,4-5,8-9H2,1-3H3. The number of hydrogen-bond donors (Lipinski definition) is 0. The minimum atomic E-state index is -0.809. The summed E-state index contributed by atoms with van der Waals surface area (Å²) < 4.78 is 30.6. The molecule has 162 valence electrons. The van der Waals surface area contributed by atoms with Crippen LogP contribution in [-0.4, -0.2) is 46.5 Å². The molecule has 10 nitrogen and oxygen atoms in total. The van der Waals surface area contributed by atoms with Crippen molar-refractivity contribution in [3.05, 3.63) is 41.4 Å². The number of hydroxylamine groups is 2. The van der Waals surface area contributed by atoms with Crippen LogP contribution in [0.3, 0.4) is 0 Å². The molecule has 2 aromatic rings. The normalized spacial score (nSPS) is 15.1. The van der Waals surface area contributed by atoms with Crippen LogP contribution in [0.1, 0.15) is 32.3 Å². The number of carbonyl (C=O) groups is 1. The highest BCUT2D eigenvalue weighted by Crippen LogP contribution is 2.29. The first-order valence-corrected chi connectivity index (χ1v) is 9.49. The maximum Gasteiger partial charge on any atom is 0.528 e. The van der Waals surface area contributed by atoms with Crippen molar-refractivity contribution in [1.29, 1.82) is 0 Å². The maximum absolute atomic E-state index is 13.9. The zero-order chi connectivity index (χ0) is 21.7. The molecule has 0 atom stereocenters. The van der Waals surface area contributed by atoms with Gasteiger partial charge in [-0.25, -0.2) is 14.8 Å². The van der Waals surface area contributed by atoms with Gasteiger partial charge < -0.3 is 24.3 Å². The number of piperidine rings is 1. The van der Waals surface area contributed by atoms with Gasteiger partial charge in [-0.05, 0) is 20.8 Å². The Morgan fingerprint density at radius 3 is 2.67 bits per heavy atom. The number of carbonyl (C=O) groups excluding carboxylic acids is 1. The molecule has 30 heavy (non-hydrogen) atoms. The second-order valence-corrected chi connectivity index (χ2v) is 6.98. The molecule has 0 unspecified atom stereocenters. The second-order valence-electron chi connectivity index (χ2n) is 6.98. The Balaban J connectivity index is 1.58. The monoisotopic (exact) mass is 422 g/mol. The van der Waals surface area contributed by atoms with Crippen LogP contribution in [0.4, 0.5) is 9.18 Å². The highest BCUT2D eigenvalue weighted by Gasteiger charge is 2.25. The van der Waals surface area contributed by atoms with Crippen molar-refractivity contribution >= 4 is 6.16 Å². The van der Waals surface area contributed by atoms with E-state index < -0.39 is 12.0 Å². The SMILES string of the molecule is Cc1c(Oc2cc[n+]([O-])cc2F)ncnc1OC1CCN(OC(=O)OC(C)C)CC1. The lowest BCUT2D eigenvalue weighted by molar-refractivity contribution is -0.607. The van der Waals surface area contributed by atoms with E-state index in [0.29, 0.717) is 42.1 Å². The van der Waals surface area contributed by atoms with Gasteiger partial charge >= 0.3 is 6.16 Å². The highest BCUT2D eigenvalue weighted by atomic mass is 19.1. The first-order chi connectivity index (χ1) is 14.3. The number of aromatic nitrogens is 3. The van der Waals surface area contributed by atoms with Crippen molar-refractivity contribution in [3.8, 4) is 17.5 Å². The first kappa shape index (κ1) is 21.5. The molecule has 0 aliphatic carbocycles. The Kier molecular flexibility index (Phi) is 6.83. The van der Waals surface area contributed by atoms with Crippen LogP contribution < -0.4 is 14.2 Å². The Morgan fingerprint density at radius 2 is 2.00 bits per heavy atom. The summed E-state index contributed by atoms with van der Waals surface area (Å²) in [6, 6.07) is 1.21. The van der Waals surface area contributed by atoms with Crippen molar-refractivity contribution in [3.63, 3.8) is 0 Å². The minimum absolute atomic E-state index is 0.125. The Bertz CT molecular complexity index is 889. The number of ether oxygens (including phenoxy) is 3. The molecule has 1 saturated heterocycles. The Hall–Kier alpha value is -3.21. The van der Waals surface area contributed by atoms with Crippen molar-refractivity contribution in [2.75, 3.05) is 13.1 Å². The lowest BCUT2D eigenvalue weighted by Gasteiger charge is -2.30. The van der Waals surface area contributed by atoms with Gasteiger partial charge in [-0.1, -0.05) is 0 Å². The highest BCUT2D eigenvalue weighted by molar-refractivity contribution is 5.59. The van der Waals surface area contributed by atoms with Gasteiger partial charge in [0.15, 0.2) is 11.9 Å². The fourth-order valence-corrected chi connectivity index (χ4v) is 2.79. The third kappa shape index (κ3) is 5.66. The van der Waals surface area contributed by atoms with Gasteiger partial charge in [-0.15, -0.1) is 5.06 Å². The minimum Gasteiger partial charge on any atom is -0.619 e. The number of halogens is 1. The van der Waals surface area contributed by atoms with Crippen LogP contribution in [0, 0.1) is 17.9 Å². The molecular formula is C19H23FN4O6. The van der Waals surface area contributed by atoms with Crippen LogP contribution in [0.15, 0.2) is 24.8 Å². The van der Waals surface area contributed by atoms with Gasteiger partial charge in [-0.3, -0.25) is 0 Å². The number of rotatable bonds is 6. The second kappa shape index (κ2) is 9.53. The fraction of sp³-hybridized carbons (Fsp3) is 0.474. The zero-order valence-corrected chi connectivity index (χ0v) is 16.9. The van der Waals surface area contributed by atoms with E-state index >= 15 is 0 Å². The lowest BCUT2D eigenvalue weighted by atomic mass is 10.1. The molecule has 0 spiro atoms. The van der Waals surface area contributed by atoms with Crippen molar-refractivity contribution in [1.82, 2.24) is 15.0 Å². The average molecular weight is 422 g/mol. The molecule has 1 fully saturated rings. The van der Waals surface area contributed by atoms with Gasteiger partial charge in [0, 0.05) is 32.0 Å². The summed E-state index contributed by atoms with van der Waals surface area (Å²) in [6.07, 6.45) is 3.22. The smallest absolute Gasteiger partial charge is 0.528 e. The van der Waals surface area contributed by atoms with E-state index in [1.807, 2.05) is 0 Å². The summed E-state index contributed by atoms with van der Waals surface area (Å²) in [5, 5.41) is 12.6. The lowest BCUT2D eigenvalue weighted by Crippen LogP contribution is -2.40. The molecule has 1 aliphatic rings. The van der Waals surface area contributed by atoms with E-state index in [-0.39, 0.29) is 23.8 Å². The van der Waals surface area contributed by atoms with Crippen LogP contribution in [-0.2, 0) is 9.57 Å². The number of hydrogen-bond acceptors (Lipinski definition) is 9. The molecule has 0 N–H and O–H groups in total. The molecule has 3 rings (SSSR count). The Labute approximate surface area is 172 Å². The van der Waals surface area contributed by atoms with Crippen molar-refractivity contribution in [2.45, 2.75) is 45.8 Å². The maximum atomic E-state index is 13.9. The molecule has 2 aromatic heterocycles. The Morgan fingerprint density at radius 1 is 1.30 bits per heavy atom. The quantitative estimate of drug-likeness (QED) is 0.394. The van der Waals surface area contributed by atoms with Crippen LogP contribution in [0.25, 0.3) is 0 Å². The fourth-order valence-electron chi connectivity index (χ4n) is 2.79. The predicted octanol–water partition coefficient (Wildman–Crippen LogP) is 2.67. The van der Waals surface area contributed by atoms with Gasteiger partial charge in [0.25, 0.3) is 0 Å². The van der Waals surface area contributed by atoms with Crippen molar-refractivity contribution < 1.29 is 33.0 Å². The summed E-state index contributed by atoms with van der Waals surface area (Å²) in [6.45, 7) is 6.15. The zero-order valence-electron chi connectivity index (χ0n) is 16.9. The topological polar surface area (TPSA) is 110 Å². The summed E-state index contributed by atoms with van der Waals surface area (Å²) in [5.74, 6) is -0.501. The number of nitrogens with zero attached hydrogens (tertiary/aromatic N) is 4. The molecule has 0 aromatic carbocycles. The molecule has 1 aliphatic heterocycles. The van der Waals surface area contributed by atoms with E-state index in [1.165, 1.54) is 17.5 Å². The number of pyridine rings is 1. The van der Waals surface area contributed by atoms with Gasteiger partial charge in [-0.2, -0.15) is 9.12 Å². The van der Waals surface area contributed by atoms with E-state index in [0.717, 1.165) is 12.4 Å².